The number of nitrogens with two attached hydrogens (primary N) is 1. The van der Waals surface area contributed by atoms with Crippen LogP contribution in [0.25, 0.3) is 0 Å². The Balaban J connectivity index is 3.05. The number of hydrogen-bond acceptors (Lipinski definition) is 3. The van der Waals surface area contributed by atoms with Crippen molar-refractivity contribution in [2.45, 2.75) is 19.4 Å². The highest BCUT2D eigenvalue weighted by molar-refractivity contribution is 5.70. The molecule has 0 saturated carbocycles. The fourth-order valence-corrected chi connectivity index (χ4v) is 1.17. The molecule has 4 nitrogen and oxygen atoms in total. The van der Waals surface area contributed by atoms with Gasteiger partial charge < -0.3 is 10.8 Å². The summed E-state index contributed by atoms with van der Waals surface area (Å²) in [7, 11) is 0. The quantitative estimate of drug-likeness (QED) is 0.790. The fourth-order valence-electron chi connectivity index (χ4n) is 1.17. The van der Waals surface area contributed by atoms with Gasteiger partial charge in [-0.05, 0) is 17.7 Å². The van der Waals surface area contributed by atoms with Gasteiger partial charge in [0.2, 0.25) is 0 Å². The second-order valence-corrected chi connectivity index (χ2v) is 2.97. The van der Waals surface area contributed by atoms with E-state index in [2.05, 4.69) is 4.98 Å². The number of aromatic nitrogens is 1. The Labute approximate surface area is 84.7 Å². The molecule has 1 aromatic rings. The van der Waals surface area contributed by atoms with Gasteiger partial charge in [0.25, 0.3) is 6.43 Å². The minimum Gasteiger partial charge on any atom is -0.481 e. The smallest absolute Gasteiger partial charge is 0.307 e. The molecule has 0 aliphatic carbocycles. The zero-order valence-corrected chi connectivity index (χ0v) is 7.78. The summed E-state index contributed by atoms with van der Waals surface area (Å²) in [6.45, 7) is 0.00712. The predicted octanol–water partition coefficient (Wildman–Crippen LogP) is 1.10. The molecular weight excluding hydrogens is 206 g/mol. The summed E-state index contributed by atoms with van der Waals surface area (Å²) in [6.07, 6.45) is -3.03. The molecule has 0 unspecified atom stereocenters. The zero-order valence-electron chi connectivity index (χ0n) is 7.78. The average Bonchev–Trinajstić information content (AvgIpc) is 2.16. The summed E-state index contributed by atoms with van der Waals surface area (Å²) in [4.78, 5) is 14.0. The van der Waals surface area contributed by atoms with Crippen molar-refractivity contribution in [3.05, 3.63) is 29.1 Å². The van der Waals surface area contributed by atoms with E-state index < -0.39 is 18.1 Å². The number of carbonyl (C=O) groups is 1. The molecule has 0 aromatic carbocycles. The zero-order chi connectivity index (χ0) is 11.4. The number of nitrogens with zero attached hydrogens (tertiary/aromatic N) is 1. The summed E-state index contributed by atoms with van der Waals surface area (Å²) in [5.74, 6) is -1.08. The van der Waals surface area contributed by atoms with E-state index in [1.807, 2.05) is 0 Å². The highest BCUT2D eigenvalue weighted by atomic mass is 19.3. The maximum Gasteiger partial charge on any atom is 0.307 e. The van der Waals surface area contributed by atoms with Gasteiger partial charge in [-0.2, -0.15) is 0 Å². The van der Waals surface area contributed by atoms with Gasteiger partial charge in [-0.15, -0.1) is 0 Å². The third kappa shape index (κ3) is 3.25. The second-order valence-electron chi connectivity index (χ2n) is 2.97. The topological polar surface area (TPSA) is 76.2 Å². The van der Waals surface area contributed by atoms with E-state index in [-0.39, 0.29) is 24.2 Å². The number of alkyl halides is 2. The van der Waals surface area contributed by atoms with Crippen molar-refractivity contribution in [2.24, 2.45) is 5.73 Å². The van der Waals surface area contributed by atoms with Crippen molar-refractivity contribution < 1.29 is 18.7 Å². The lowest BCUT2D eigenvalue weighted by atomic mass is 10.1. The lowest BCUT2D eigenvalue weighted by molar-refractivity contribution is -0.136. The summed E-state index contributed by atoms with van der Waals surface area (Å²) in [5.41, 5.74) is 5.38. The van der Waals surface area contributed by atoms with Gasteiger partial charge in [0.05, 0.1) is 12.1 Å². The van der Waals surface area contributed by atoms with Gasteiger partial charge in [0, 0.05) is 6.54 Å². The molecule has 6 heteroatoms. The maximum atomic E-state index is 12.4. The van der Waals surface area contributed by atoms with Gasteiger partial charge in [-0.3, -0.25) is 9.78 Å². The molecule has 3 N–H and O–H groups in total. The Morgan fingerprint density at radius 1 is 1.53 bits per heavy atom. The Hall–Kier alpha value is -1.56. The molecule has 1 heterocycles. The van der Waals surface area contributed by atoms with Crippen LogP contribution in [0.2, 0.25) is 0 Å². The van der Waals surface area contributed by atoms with E-state index in [0.717, 1.165) is 6.07 Å². The fraction of sp³-hybridized carbons (Fsp3) is 0.333. The minimum atomic E-state index is -2.72. The first kappa shape index (κ1) is 11.5. The number of hydrogen-bond donors (Lipinski definition) is 2. The molecule has 0 spiro atoms. The van der Waals surface area contributed by atoms with E-state index in [1.165, 1.54) is 6.07 Å². The first-order valence-electron chi connectivity index (χ1n) is 4.22. The summed E-state index contributed by atoms with van der Waals surface area (Å²) < 4.78 is 24.7. The number of carboxylic acid groups (broad SMARTS) is 1. The first-order chi connectivity index (χ1) is 7.02. The third-order valence-electron chi connectivity index (χ3n) is 1.75. The lowest BCUT2D eigenvalue weighted by Gasteiger charge is -2.05. The van der Waals surface area contributed by atoms with E-state index >= 15 is 0 Å². The molecule has 0 fully saturated rings. The highest BCUT2D eigenvalue weighted by Crippen LogP contribution is 2.18. The molecule has 82 valence electrons. The van der Waals surface area contributed by atoms with E-state index in [1.54, 1.807) is 0 Å². The molecule has 0 bridgehead atoms. The Morgan fingerprint density at radius 3 is 2.67 bits per heavy atom. The standard InChI is InChI=1S/C9H10F2N2O2/c10-9(11)7-2-5(3-8(14)15)1-6(4-12)13-7/h1-2,9H,3-4,12H2,(H,14,15). The molecule has 0 amide bonds. The maximum absolute atomic E-state index is 12.4. The Bertz CT molecular complexity index is 369. The molecule has 0 atom stereocenters. The average molecular weight is 216 g/mol. The Morgan fingerprint density at radius 2 is 2.20 bits per heavy atom. The van der Waals surface area contributed by atoms with Crippen molar-refractivity contribution in [1.82, 2.24) is 4.98 Å². The number of aliphatic carboxylic acids is 1. The Kier molecular flexibility index (Phi) is 3.68. The van der Waals surface area contributed by atoms with Crippen LogP contribution in [0.15, 0.2) is 12.1 Å². The number of carboxylic acids is 1. The largest absolute Gasteiger partial charge is 0.481 e. The van der Waals surface area contributed by atoms with Gasteiger partial charge in [-0.1, -0.05) is 0 Å². The number of rotatable bonds is 4. The van der Waals surface area contributed by atoms with Crippen molar-refractivity contribution in [3.8, 4) is 0 Å². The molecule has 15 heavy (non-hydrogen) atoms. The van der Waals surface area contributed by atoms with E-state index in [0.29, 0.717) is 0 Å². The molecule has 0 aliphatic rings. The van der Waals surface area contributed by atoms with Crippen LogP contribution >= 0.6 is 0 Å². The van der Waals surface area contributed by atoms with Crippen molar-refractivity contribution >= 4 is 5.97 Å². The monoisotopic (exact) mass is 216 g/mol. The van der Waals surface area contributed by atoms with Crippen molar-refractivity contribution in [3.63, 3.8) is 0 Å². The van der Waals surface area contributed by atoms with Crippen LogP contribution in [-0.4, -0.2) is 16.1 Å². The summed E-state index contributed by atoms with van der Waals surface area (Å²) in [6, 6.07) is 2.50. The van der Waals surface area contributed by atoms with Crippen LogP contribution in [0, 0.1) is 0 Å². The normalized spacial score (nSPS) is 10.7. The highest BCUT2D eigenvalue weighted by Gasteiger charge is 2.12. The number of pyridine rings is 1. The molecule has 0 aliphatic heterocycles. The van der Waals surface area contributed by atoms with Crippen LogP contribution in [-0.2, 0) is 17.8 Å². The van der Waals surface area contributed by atoms with Crippen molar-refractivity contribution in [2.75, 3.05) is 0 Å². The molecule has 0 radical (unpaired) electrons. The molecule has 1 rings (SSSR count). The van der Waals surface area contributed by atoms with E-state index in [4.69, 9.17) is 10.8 Å². The van der Waals surface area contributed by atoms with Gasteiger partial charge in [0.15, 0.2) is 0 Å². The van der Waals surface area contributed by atoms with Crippen LogP contribution in [0.5, 0.6) is 0 Å². The van der Waals surface area contributed by atoms with Gasteiger partial charge in [0.1, 0.15) is 5.69 Å². The van der Waals surface area contributed by atoms with Crippen LogP contribution in [0.1, 0.15) is 23.4 Å². The first-order valence-corrected chi connectivity index (χ1v) is 4.22. The molecule has 1 aromatic heterocycles. The van der Waals surface area contributed by atoms with Gasteiger partial charge in [-0.25, -0.2) is 8.78 Å². The number of halogens is 2. The van der Waals surface area contributed by atoms with Crippen LogP contribution in [0.3, 0.4) is 0 Å². The molecular formula is C9H10F2N2O2. The van der Waals surface area contributed by atoms with Crippen LogP contribution < -0.4 is 5.73 Å². The molecule has 0 saturated heterocycles. The van der Waals surface area contributed by atoms with E-state index in [9.17, 15) is 13.6 Å². The van der Waals surface area contributed by atoms with Crippen molar-refractivity contribution in [1.29, 1.82) is 0 Å². The predicted molar refractivity (Wildman–Crippen MR) is 48.4 cm³/mol. The SMILES string of the molecule is NCc1cc(CC(=O)O)cc(C(F)F)n1. The summed E-state index contributed by atoms with van der Waals surface area (Å²) >= 11 is 0. The summed E-state index contributed by atoms with van der Waals surface area (Å²) in [5, 5.41) is 8.52. The lowest BCUT2D eigenvalue weighted by Crippen LogP contribution is -2.07. The van der Waals surface area contributed by atoms with Crippen LogP contribution in [0.4, 0.5) is 8.78 Å². The van der Waals surface area contributed by atoms with Gasteiger partial charge >= 0.3 is 5.97 Å². The third-order valence-corrected chi connectivity index (χ3v) is 1.75. The minimum absolute atomic E-state index is 0.00712. The second kappa shape index (κ2) is 4.79.